The summed E-state index contributed by atoms with van der Waals surface area (Å²) in [5.41, 5.74) is 0. The molecule has 0 amide bonds. The average molecular weight is 194 g/mol. The molecule has 0 radical (unpaired) electrons. The molecule has 0 saturated carbocycles. The first-order chi connectivity index (χ1) is 5.45. The summed E-state index contributed by atoms with van der Waals surface area (Å²) < 4.78 is 23.1. The Hall–Kier alpha value is -0.660. The van der Waals surface area contributed by atoms with Crippen molar-refractivity contribution in [2.24, 2.45) is 0 Å². The van der Waals surface area contributed by atoms with Crippen molar-refractivity contribution in [2.45, 2.75) is 6.04 Å². The second-order valence-electron chi connectivity index (χ2n) is 2.58. The number of carbonyl (C=O) groups is 1. The molecule has 7 heteroatoms. The van der Waals surface area contributed by atoms with E-state index in [-0.39, 0.29) is 12.4 Å². The molecular formula is C5H10N2O4S. The fourth-order valence-corrected chi connectivity index (χ4v) is 2.12. The molecular weight excluding hydrogens is 184 g/mol. The molecule has 1 rings (SSSR count). The number of rotatable bonds is 1. The monoisotopic (exact) mass is 194 g/mol. The number of hydrogen-bond acceptors (Lipinski definition) is 4. The van der Waals surface area contributed by atoms with Crippen molar-refractivity contribution in [2.75, 3.05) is 19.5 Å². The van der Waals surface area contributed by atoms with Crippen LogP contribution < -0.4 is 5.32 Å². The maximum Gasteiger partial charge on any atom is 0.323 e. The quantitative estimate of drug-likeness (QED) is 0.517. The summed E-state index contributed by atoms with van der Waals surface area (Å²) in [5.74, 6) is -1.32. The molecule has 1 atom stereocenters. The number of carboxylic acid groups (broad SMARTS) is 1. The van der Waals surface area contributed by atoms with Gasteiger partial charge in [0.2, 0.25) is 10.0 Å². The maximum atomic E-state index is 11.1. The minimum Gasteiger partial charge on any atom is -0.480 e. The van der Waals surface area contributed by atoms with Crippen LogP contribution in [0.15, 0.2) is 0 Å². The largest absolute Gasteiger partial charge is 0.480 e. The van der Waals surface area contributed by atoms with E-state index in [1.165, 1.54) is 7.05 Å². The number of aliphatic carboxylic acids is 1. The van der Waals surface area contributed by atoms with Crippen LogP contribution >= 0.6 is 0 Å². The van der Waals surface area contributed by atoms with Gasteiger partial charge in [-0.3, -0.25) is 4.79 Å². The van der Waals surface area contributed by atoms with E-state index in [0.717, 1.165) is 4.31 Å². The maximum absolute atomic E-state index is 11.1. The molecule has 0 aromatic carbocycles. The van der Waals surface area contributed by atoms with Gasteiger partial charge in [0.25, 0.3) is 0 Å². The minimum atomic E-state index is -3.41. The van der Waals surface area contributed by atoms with Crippen LogP contribution in [0.3, 0.4) is 0 Å². The van der Waals surface area contributed by atoms with Gasteiger partial charge in [-0.25, -0.2) is 8.42 Å². The Morgan fingerprint density at radius 1 is 1.67 bits per heavy atom. The zero-order valence-corrected chi connectivity index (χ0v) is 7.34. The van der Waals surface area contributed by atoms with Crippen molar-refractivity contribution in [3.8, 4) is 0 Å². The SMILES string of the molecule is CN1C(C(=O)O)CNCS1(=O)=O. The lowest BCUT2D eigenvalue weighted by Crippen LogP contribution is -2.55. The second kappa shape index (κ2) is 3.00. The standard InChI is InChI=1S/C5H10N2O4S/c1-7-4(5(8)9)2-6-3-12(7,10)11/h4,6H,2-3H2,1H3,(H,8,9). The Kier molecular flexibility index (Phi) is 2.36. The van der Waals surface area contributed by atoms with Crippen LogP contribution in [0.25, 0.3) is 0 Å². The van der Waals surface area contributed by atoms with Gasteiger partial charge in [-0.15, -0.1) is 0 Å². The van der Waals surface area contributed by atoms with Gasteiger partial charge in [-0.2, -0.15) is 4.31 Å². The Labute approximate surface area is 70.2 Å². The minimum absolute atomic E-state index is 0.158. The van der Waals surface area contributed by atoms with Gasteiger partial charge < -0.3 is 10.4 Å². The van der Waals surface area contributed by atoms with Crippen LogP contribution in [-0.2, 0) is 14.8 Å². The molecule has 1 aliphatic heterocycles. The van der Waals surface area contributed by atoms with Gasteiger partial charge in [0, 0.05) is 13.6 Å². The first-order valence-corrected chi connectivity index (χ1v) is 4.95. The van der Waals surface area contributed by atoms with Crippen LogP contribution in [0.5, 0.6) is 0 Å². The summed E-state index contributed by atoms with van der Waals surface area (Å²) >= 11 is 0. The highest BCUT2D eigenvalue weighted by molar-refractivity contribution is 7.89. The zero-order chi connectivity index (χ0) is 9.35. The van der Waals surface area contributed by atoms with Gasteiger partial charge in [-0.05, 0) is 0 Å². The predicted molar refractivity (Wildman–Crippen MR) is 41.0 cm³/mol. The lowest BCUT2D eigenvalue weighted by molar-refractivity contribution is -0.141. The van der Waals surface area contributed by atoms with E-state index in [1.807, 2.05) is 0 Å². The van der Waals surface area contributed by atoms with Crippen molar-refractivity contribution in [1.29, 1.82) is 0 Å². The predicted octanol–water partition coefficient (Wildman–Crippen LogP) is -1.74. The van der Waals surface area contributed by atoms with Gasteiger partial charge in [0.1, 0.15) is 11.9 Å². The van der Waals surface area contributed by atoms with E-state index in [4.69, 9.17) is 5.11 Å². The second-order valence-corrected chi connectivity index (χ2v) is 4.61. The number of likely N-dealkylation sites (N-methyl/N-ethyl adjacent to an activating group) is 1. The van der Waals surface area contributed by atoms with Crippen LogP contribution in [0, 0.1) is 0 Å². The van der Waals surface area contributed by atoms with Crippen molar-refractivity contribution in [3.63, 3.8) is 0 Å². The van der Waals surface area contributed by atoms with Crippen LogP contribution in [0.2, 0.25) is 0 Å². The first kappa shape index (κ1) is 9.43. The van der Waals surface area contributed by atoms with Crippen molar-refractivity contribution >= 4 is 16.0 Å². The fraction of sp³-hybridized carbons (Fsp3) is 0.800. The molecule has 12 heavy (non-hydrogen) atoms. The molecule has 1 heterocycles. The van der Waals surface area contributed by atoms with Crippen LogP contribution in [0.1, 0.15) is 0 Å². The number of carboxylic acids is 1. The molecule has 1 unspecified atom stereocenters. The van der Waals surface area contributed by atoms with E-state index in [2.05, 4.69) is 5.32 Å². The molecule has 1 saturated heterocycles. The summed E-state index contributed by atoms with van der Waals surface area (Å²) in [4.78, 5) is 10.5. The van der Waals surface area contributed by atoms with Crippen molar-refractivity contribution in [1.82, 2.24) is 9.62 Å². The third-order valence-corrected chi connectivity index (χ3v) is 3.49. The molecule has 0 aliphatic carbocycles. The highest BCUT2D eigenvalue weighted by Gasteiger charge is 2.34. The number of hydrogen-bond donors (Lipinski definition) is 2. The highest BCUT2D eigenvalue weighted by atomic mass is 32.2. The molecule has 70 valence electrons. The lowest BCUT2D eigenvalue weighted by Gasteiger charge is -2.29. The molecule has 0 aromatic rings. The Bertz CT molecular complexity index is 286. The smallest absolute Gasteiger partial charge is 0.323 e. The average Bonchev–Trinajstić information content (AvgIpc) is 1.94. The van der Waals surface area contributed by atoms with E-state index in [0.29, 0.717) is 0 Å². The van der Waals surface area contributed by atoms with E-state index < -0.39 is 22.0 Å². The van der Waals surface area contributed by atoms with Crippen molar-refractivity contribution in [3.05, 3.63) is 0 Å². The van der Waals surface area contributed by atoms with Crippen molar-refractivity contribution < 1.29 is 18.3 Å². The Morgan fingerprint density at radius 3 is 2.67 bits per heavy atom. The highest BCUT2D eigenvalue weighted by Crippen LogP contribution is 2.08. The summed E-state index contributed by atoms with van der Waals surface area (Å²) in [6.45, 7) is 0.158. The topological polar surface area (TPSA) is 86.7 Å². The first-order valence-electron chi connectivity index (χ1n) is 3.34. The van der Waals surface area contributed by atoms with E-state index >= 15 is 0 Å². The Balaban J connectivity index is 2.88. The molecule has 1 aliphatic rings. The summed E-state index contributed by atoms with van der Waals surface area (Å²) in [7, 11) is -2.14. The molecule has 0 bridgehead atoms. The molecule has 1 fully saturated rings. The number of sulfonamides is 1. The van der Waals surface area contributed by atoms with Crippen LogP contribution in [0.4, 0.5) is 0 Å². The van der Waals surface area contributed by atoms with Gasteiger partial charge in [0.15, 0.2) is 0 Å². The third-order valence-electron chi connectivity index (χ3n) is 1.78. The summed E-state index contributed by atoms with van der Waals surface area (Å²) in [6, 6.07) is -0.983. The van der Waals surface area contributed by atoms with Gasteiger partial charge in [0.05, 0.1) is 0 Å². The van der Waals surface area contributed by atoms with E-state index in [9.17, 15) is 13.2 Å². The van der Waals surface area contributed by atoms with Gasteiger partial charge in [-0.1, -0.05) is 0 Å². The van der Waals surface area contributed by atoms with Crippen LogP contribution in [-0.4, -0.2) is 49.3 Å². The number of nitrogens with zero attached hydrogens (tertiary/aromatic N) is 1. The Morgan fingerprint density at radius 2 is 2.25 bits per heavy atom. The molecule has 0 spiro atoms. The summed E-state index contributed by atoms with van der Waals surface area (Å²) in [6.07, 6.45) is 0. The fourth-order valence-electron chi connectivity index (χ4n) is 0.992. The normalized spacial score (nSPS) is 29.9. The lowest BCUT2D eigenvalue weighted by atomic mass is 10.3. The molecule has 0 aromatic heterocycles. The summed E-state index contributed by atoms with van der Waals surface area (Å²) in [5, 5.41) is 11.1. The molecule has 2 N–H and O–H groups in total. The van der Waals surface area contributed by atoms with Gasteiger partial charge >= 0.3 is 5.97 Å². The molecule has 6 nitrogen and oxygen atoms in total. The number of nitrogens with one attached hydrogen (secondary N) is 1. The third kappa shape index (κ3) is 1.57. The zero-order valence-electron chi connectivity index (χ0n) is 6.52. The van der Waals surface area contributed by atoms with E-state index in [1.54, 1.807) is 0 Å².